The van der Waals surface area contributed by atoms with E-state index in [0.717, 1.165) is 0 Å². The second-order valence-corrected chi connectivity index (χ2v) is 3.37. The van der Waals surface area contributed by atoms with Gasteiger partial charge < -0.3 is 11.1 Å². The molecule has 0 aliphatic heterocycles. The molecule has 0 fully saturated rings. The van der Waals surface area contributed by atoms with E-state index >= 15 is 0 Å². The Hall–Kier alpha value is -1.72. The molecule has 0 spiro atoms. The number of halogens is 3. The van der Waals surface area contributed by atoms with E-state index in [-0.39, 0.29) is 5.56 Å². The van der Waals surface area contributed by atoms with Gasteiger partial charge in [-0.25, -0.2) is 0 Å². The maximum absolute atomic E-state index is 11.9. The first kappa shape index (κ1) is 12.4. The average molecular weight is 232 g/mol. The van der Waals surface area contributed by atoms with Crippen molar-refractivity contribution >= 4 is 11.6 Å². The maximum Gasteiger partial charge on any atom is 0.405 e. The van der Waals surface area contributed by atoms with Gasteiger partial charge in [-0.2, -0.15) is 13.2 Å². The second kappa shape index (κ2) is 4.42. The van der Waals surface area contributed by atoms with E-state index in [9.17, 15) is 18.0 Å². The maximum atomic E-state index is 11.9. The molecule has 16 heavy (non-hydrogen) atoms. The van der Waals surface area contributed by atoms with Crippen LogP contribution in [0, 0.1) is 6.92 Å². The number of carbonyl (C=O) groups is 1. The normalized spacial score (nSPS) is 11.2. The standard InChI is InChI=1S/C10H11F3N2O/c1-6-2-3-7(14)4-8(6)9(16)15-5-10(11,12)13/h2-4H,5,14H2,1H3,(H,15,16). The SMILES string of the molecule is Cc1ccc(N)cc1C(=O)NCC(F)(F)F. The highest BCUT2D eigenvalue weighted by atomic mass is 19.4. The molecule has 0 aliphatic rings. The molecule has 6 heteroatoms. The van der Waals surface area contributed by atoms with E-state index in [0.29, 0.717) is 11.3 Å². The third-order valence-corrected chi connectivity index (χ3v) is 1.96. The molecule has 1 rings (SSSR count). The Morgan fingerprint density at radius 2 is 2.06 bits per heavy atom. The number of amides is 1. The number of nitrogen functional groups attached to an aromatic ring is 1. The van der Waals surface area contributed by atoms with Crippen molar-refractivity contribution in [1.82, 2.24) is 5.32 Å². The predicted molar refractivity (Wildman–Crippen MR) is 54.0 cm³/mol. The number of nitrogens with two attached hydrogens (primary N) is 1. The van der Waals surface area contributed by atoms with Gasteiger partial charge in [-0.1, -0.05) is 6.07 Å². The van der Waals surface area contributed by atoms with Gasteiger partial charge in [-0.15, -0.1) is 0 Å². The molecule has 0 unspecified atom stereocenters. The summed E-state index contributed by atoms with van der Waals surface area (Å²) in [7, 11) is 0. The topological polar surface area (TPSA) is 55.1 Å². The average Bonchev–Trinajstić information content (AvgIpc) is 2.17. The van der Waals surface area contributed by atoms with Crippen LogP contribution in [0.4, 0.5) is 18.9 Å². The van der Waals surface area contributed by atoms with Crippen LogP contribution in [0.1, 0.15) is 15.9 Å². The first-order valence-electron chi connectivity index (χ1n) is 4.50. The predicted octanol–water partition coefficient (Wildman–Crippen LogP) is 1.87. The van der Waals surface area contributed by atoms with Crippen LogP contribution in [0.5, 0.6) is 0 Å². The summed E-state index contributed by atoms with van der Waals surface area (Å²) in [5, 5.41) is 1.79. The van der Waals surface area contributed by atoms with Crippen molar-refractivity contribution in [2.24, 2.45) is 0 Å². The lowest BCUT2D eigenvalue weighted by atomic mass is 10.1. The van der Waals surface area contributed by atoms with Crippen LogP contribution in [0.2, 0.25) is 0 Å². The molecule has 0 bridgehead atoms. The van der Waals surface area contributed by atoms with Gasteiger partial charge >= 0.3 is 6.18 Å². The molecule has 0 saturated heterocycles. The lowest BCUT2D eigenvalue weighted by Crippen LogP contribution is -2.34. The Balaban J connectivity index is 2.77. The molecule has 1 aromatic rings. The van der Waals surface area contributed by atoms with Crippen molar-refractivity contribution in [3.63, 3.8) is 0 Å². The third kappa shape index (κ3) is 3.45. The summed E-state index contributed by atoms with van der Waals surface area (Å²) in [6.45, 7) is 0.280. The van der Waals surface area contributed by atoms with Crippen LogP contribution in [0.3, 0.4) is 0 Å². The zero-order valence-electron chi connectivity index (χ0n) is 8.56. The molecule has 1 aromatic carbocycles. The van der Waals surface area contributed by atoms with Crippen molar-refractivity contribution in [2.45, 2.75) is 13.1 Å². The third-order valence-electron chi connectivity index (χ3n) is 1.96. The number of hydrogen-bond donors (Lipinski definition) is 2. The van der Waals surface area contributed by atoms with E-state index in [1.807, 2.05) is 0 Å². The molecule has 88 valence electrons. The molecule has 0 atom stereocenters. The van der Waals surface area contributed by atoms with Gasteiger partial charge in [0, 0.05) is 11.3 Å². The molecular weight excluding hydrogens is 221 g/mol. The fraction of sp³-hybridized carbons (Fsp3) is 0.300. The molecule has 0 saturated carbocycles. The highest BCUT2D eigenvalue weighted by molar-refractivity contribution is 5.96. The quantitative estimate of drug-likeness (QED) is 0.765. The van der Waals surface area contributed by atoms with Crippen molar-refractivity contribution in [1.29, 1.82) is 0 Å². The first-order chi connectivity index (χ1) is 7.29. The molecule has 0 aromatic heterocycles. The largest absolute Gasteiger partial charge is 0.405 e. The van der Waals surface area contributed by atoms with Gasteiger partial charge in [0.05, 0.1) is 0 Å². The van der Waals surface area contributed by atoms with Crippen molar-refractivity contribution in [3.8, 4) is 0 Å². The molecule has 0 aliphatic carbocycles. The van der Waals surface area contributed by atoms with Gasteiger partial charge in [0.1, 0.15) is 6.54 Å². The van der Waals surface area contributed by atoms with Gasteiger partial charge in [0.15, 0.2) is 0 Å². The van der Waals surface area contributed by atoms with Crippen LogP contribution in [-0.2, 0) is 0 Å². The minimum atomic E-state index is -4.41. The van der Waals surface area contributed by atoms with E-state index in [4.69, 9.17) is 5.73 Å². The summed E-state index contributed by atoms with van der Waals surface area (Å²) >= 11 is 0. The monoisotopic (exact) mass is 232 g/mol. The first-order valence-corrected chi connectivity index (χ1v) is 4.50. The summed E-state index contributed by atoms with van der Waals surface area (Å²) in [6, 6.07) is 4.51. The Morgan fingerprint density at radius 1 is 1.44 bits per heavy atom. The van der Waals surface area contributed by atoms with Crippen LogP contribution in [0.25, 0.3) is 0 Å². The molecule has 0 radical (unpaired) electrons. The van der Waals surface area contributed by atoms with E-state index in [1.54, 1.807) is 24.4 Å². The zero-order chi connectivity index (χ0) is 12.3. The van der Waals surface area contributed by atoms with Crippen molar-refractivity contribution in [3.05, 3.63) is 29.3 Å². The van der Waals surface area contributed by atoms with Gasteiger partial charge in [-0.3, -0.25) is 4.79 Å². The Bertz CT molecular complexity index is 402. The Kier molecular flexibility index (Phi) is 3.41. The molecule has 1 amide bonds. The number of carbonyl (C=O) groups excluding carboxylic acids is 1. The molecular formula is C10H11F3N2O. The smallest absolute Gasteiger partial charge is 0.399 e. The number of alkyl halides is 3. The lowest BCUT2D eigenvalue weighted by molar-refractivity contribution is -0.123. The summed E-state index contributed by atoms with van der Waals surface area (Å²) in [5.74, 6) is -0.776. The van der Waals surface area contributed by atoms with Gasteiger partial charge in [-0.05, 0) is 24.6 Å². The highest BCUT2D eigenvalue weighted by Crippen LogP contribution is 2.15. The summed E-state index contributed by atoms with van der Waals surface area (Å²) < 4.78 is 35.6. The number of benzene rings is 1. The Morgan fingerprint density at radius 3 is 2.62 bits per heavy atom. The van der Waals surface area contributed by atoms with Crippen LogP contribution >= 0.6 is 0 Å². The van der Waals surface area contributed by atoms with Crippen LogP contribution < -0.4 is 11.1 Å². The number of aryl methyl sites for hydroxylation is 1. The molecule has 3 nitrogen and oxygen atoms in total. The number of nitrogens with one attached hydrogen (secondary N) is 1. The summed E-state index contributed by atoms with van der Waals surface area (Å²) in [6.07, 6.45) is -4.41. The number of anilines is 1. The molecule has 3 N–H and O–H groups in total. The minimum absolute atomic E-state index is 0.157. The van der Waals surface area contributed by atoms with Crippen LogP contribution in [-0.4, -0.2) is 18.6 Å². The van der Waals surface area contributed by atoms with E-state index < -0.39 is 18.6 Å². The highest BCUT2D eigenvalue weighted by Gasteiger charge is 2.28. The Labute approximate surface area is 90.4 Å². The van der Waals surface area contributed by atoms with Gasteiger partial charge in [0.2, 0.25) is 0 Å². The zero-order valence-corrected chi connectivity index (χ0v) is 8.56. The fourth-order valence-corrected chi connectivity index (χ4v) is 1.16. The number of rotatable bonds is 2. The summed E-state index contributed by atoms with van der Waals surface area (Å²) in [5.41, 5.74) is 6.52. The van der Waals surface area contributed by atoms with E-state index in [1.165, 1.54) is 6.07 Å². The second-order valence-electron chi connectivity index (χ2n) is 3.37. The fourth-order valence-electron chi connectivity index (χ4n) is 1.16. The van der Waals surface area contributed by atoms with Gasteiger partial charge in [0.25, 0.3) is 5.91 Å². The van der Waals surface area contributed by atoms with E-state index in [2.05, 4.69) is 0 Å². The molecule has 0 heterocycles. The lowest BCUT2D eigenvalue weighted by Gasteiger charge is -2.10. The minimum Gasteiger partial charge on any atom is -0.399 e. The van der Waals surface area contributed by atoms with Crippen LogP contribution in [0.15, 0.2) is 18.2 Å². The summed E-state index contributed by atoms with van der Waals surface area (Å²) in [4.78, 5) is 11.4. The number of hydrogen-bond acceptors (Lipinski definition) is 2. The van der Waals surface area contributed by atoms with Crippen molar-refractivity contribution in [2.75, 3.05) is 12.3 Å². The van der Waals surface area contributed by atoms with Crippen molar-refractivity contribution < 1.29 is 18.0 Å².